The number of rotatable bonds is 3. The van der Waals surface area contributed by atoms with E-state index in [1.165, 1.54) is 24.3 Å². The van der Waals surface area contributed by atoms with Gasteiger partial charge in [0.1, 0.15) is 11.6 Å². The molecule has 0 saturated heterocycles. The van der Waals surface area contributed by atoms with Crippen LogP contribution in [0.3, 0.4) is 0 Å². The monoisotopic (exact) mass is 445 g/mol. The van der Waals surface area contributed by atoms with Gasteiger partial charge >= 0.3 is 0 Å². The number of hydrogen-bond donors (Lipinski definition) is 1. The summed E-state index contributed by atoms with van der Waals surface area (Å²) in [5, 5.41) is 2.63. The van der Waals surface area contributed by atoms with Gasteiger partial charge in [-0.2, -0.15) is 0 Å². The van der Waals surface area contributed by atoms with Gasteiger partial charge < -0.3 is 10.1 Å². The van der Waals surface area contributed by atoms with Crippen LogP contribution in [-0.4, -0.2) is 18.8 Å². The number of carbonyl (C=O) groups excluding carboxylic acids is 2. The molecule has 0 aliphatic carbocycles. The minimum absolute atomic E-state index is 0.0523. The second kappa shape index (κ2) is 9.09. The number of ketones is 1. The summed E-state index contributed by atoms with van der Waals surface area (Å²) in [4.78, 5) is 25.4. The van der Waals surface area contributed by atoms with Crippen molar-refractivity contribution in [1.82, 2.24) is 0 Å². The van der Waals surface area contributed by atoms with E-state index in [9.17, 15) is 14.0 Å². The topological polar surface area (TPSA) is 55.4 Å². The van der Waals surface area contributed by atoms with Crippen molar-refractivity contribution in [3.63, 3.8) is 0 Å². The fourth-order valence-corrected chi connectivity index (χ4v) is 3.44. The van der Waals surface area contributed by atoms with Gasteiger partial charge in [-0.1, -0.05) is 41.6 Å². The first-order chi connectivity index (χ1) is 15.4. The summed E-state index contributed by atoms with van der Waals surface area (Å²) in [6.07, 6.45) is 1.94. The summed E-state index contributed by atoms with van der Waals surface area (Å²) in [6, 6.07) is 16.7. The number of fused-ring (bicyclic) bond motifs is 1. The number of carbonyl (C=O) groups is 2. The maximum Gasteiger partial charge on any atom is 0.259 e. The van der Waals surface area contributed by atoms with Gasteiger partial charge in [-0.05, 0) is 59.7 Å². The molecular weight excluding hydrogens is 429 g/mol. The van der Waals surface area contributed by atoms with Gasteiger partial charge in [-0.25, -0.2) is 4.39 Å². The maximum absolute atomic E-state index is 13.4. The Hall–Kier alpha value is -3.88. The summed E-state index contributed by atoms with van der Waals surface area (Å²) in [7, 11) is 1.62. The zero-order valence-corrected chi connectivity index (χ0v) is 17.8. The Morgan fingerprint density at radius 3 is 2.56 bits per heavy atom. The van der Waals surface area contributed by atoms with Crippen LogP contribution in [0.5, 0.6) is 5.75 Å². The number of ether oxygens (including phenoxy) is 1. The lowest BCUT2D eigenvalue weighted by Crippen LogP contribution is -2.27. The number of anilines is 1. The summed E-state index contributed by atoms with van der Waals surface area (Å²) < 4.78 is 18.5. The minimum atomic E-state index is -0.573. The van der Waals surface area contributed by atoms with Crippen LogP contribution >= 0.6 is 11.6 Å². The standard InChI is InChI=1S/C26H17ClFNO3/c1-32-19-9-5-16(6-10-19)3-2-4-17-8-12-24-20(13-17)25(30)21(26(31)29-24)14-18-7-11-23(28)22(27)15-18/h5-15H,3H2,1H3,(H,29,31). The van der Waals surface area contributed by atoms with E-state index in [1.54, 1.807) is 25.3 Å². The van der Waals surface area contributed by atoms with Crippen molar-refractivity contribution in [3.8, 4) is 17.6 Å². The lowest BCUT2D eigenvalue weighted by molar-refractivity contribution is -0.112. The molecule has 1 aliphatic heterocycles. The Labute approximate surface area is 189 Å². The van der Waals surface area contributed by atoms with Gasteiger partial charge in [-0.15, -0.1) is 0 Å². The summed E-state index contributed by atoms with van der Waals surface area (Å²) in [6.45, 7) is 0. The van der Waals surface area contributed by atoms with Crippen molar-refractivity contribution >= 4 is 35.1 Å². The van der Waals surface area contributed by atoms with Crippen molar-refractivity contribution < 1.29 is 18.7 Å². The number of nitrogens with one attached hydrogen (secondary N) is 1. The molecule has 32 heavy (non-hydrogen) atoms. The summed E-state index contributed by atoms with van der Waals surface area (Å²) >= 11 is 5.80. The highest BCUT2D eigenvalue weighted by atomic mass is 35.5. The van der Waals surface area contributed by atoms with E-state index in [0.717, 1.165) is 11.3 Å². The second-order valence-corrected chi connectivity index (χ2v) is 7.51. The number of benzene rings is 3. The van der Waals surface area contributed by atoms with Crippen LogP contribution in [0.25, 0.3) is 6.08 Å². The van der Waals surface area contributed by atoms with Crippen molar-refractivity contribution in [2.45, 2.75) is 6.42 Å². The van der Waals surface area contributed by atoms with Crippen LogP contribution in [0.2, 0.25) is 5.02 Å². The first-order valence-corrected chi connectivity index (χ1v) is 10.1. The van der Waals surface area contributed by atoms with E-state index in [0.29, 0.717) is 28.8 Å². The fraction of sp³-hybridized carbons (Fsp3) is 0.0769. The van der Waals surface area contributed by atoms with Crippen molar-refractivity contribution in [2.75, 3.05) is 12.4 Å². The lowest BCUT2D eigenvalue weighted by Gasteiger charge is -2.18. The van der Waals surface area contributed by atoms with Gasteiger partial charge in [0.2, 0.25) is 5.78 Å². The molecule has 0 unspecified atom stereocenters. The molecule has 1 amide bonds. The predicted molar refractivity (Wildman–Crippen MR) is 122 cm³/mol. The number of methoxy groups -OCH3 is 1. The van der Waals surface area contributed by atoms with E-state index in [-0.39, 0.29) is 10.6 Å². The molecule has 1 N–H and O–H groups in total. The molecular formula is C26H17ClFNO3. The maximum atomic E-state index is 13.4. The smallest absolute Gasteiger partial charge is 0.259 e. The molecule has 0 radical (unpaired) electrons. The third-order valence-electron chi connectivity index (χ3n) is 4.94. The van der Waals surface area contributed by atoms with Crippen molar-refractivity contribution in [3.05, 3.63) is 99.3 Å². The minimum Gasteiger partial charge on any atom is -0.497 e. The molecule has 3 aromatic carbocycles. The van der Waals surface area contributed by atoms with Gasteiger partial charge in [0.25, 0.3) is 5.91 Å². The first-order valence-electron chi connectivity index (χ1n) is 9.73. The van der Waals surface area contributed by atoms with Crippen LogP contribution in [0.1, 0.15) is 27.0 Å². The average molecular weight is 446 g/mol. The normalized spacial score (nSPS) is 13.8. The molecule has 0 atom stereocenters. The van der Waals surface area contributed by atoms with Crippen LogP contribution in [0, 0.1) is 17.7 Å². The number of Topliss-reactive ketones (excluding diaryl/α,β-unsaturated/α-hetero) is 1. The highest BCUT2D eigenvalue weighted by Crippen LogP contribution is 2.28. The van der Waals surface area contributed by atoms with E-state index >= 15 is 0 Å². The molecule has 6 heteroatoms. The molecule has 0 bridgehead atoms. The third kappa shape index (κ3) is 4.56. The van der Waals surface area contributed by atoms with Gasteiger partial charge in [0.15, 0.2) is 0 Å². The molecule has 4 nitrogen and oxygen atoms in total. The van der Waals surface area contributed by atoms with E-state index < -0.39 is 17.5 Å². The molecule has 158 valence electrons. The Morgan fingerprint density at radius 1 is 1.06 bits per heavy atom. The van der Waals surface area contributed by atoms with E-state index in [4.69, 9.17) is 16.3 Å². The first kappa shape index (κ1) is 21.4. The van der Waals surface area contributed by atoms with Gasteiger partial charge in [-0.3, -0.25) is 9.59 Å². The largest absolute Gasteiger partial charge is 0.497 e. The van der Waals surface area contributed by atoms with Crippen molar-refractivity contribution in [1.29, 1.82) is 0 Å². The summed E-state index contributed by atoms with van der Waals surface area (Å²) in [5.41, 5.74) is 2.88. The lowest BCUT2D eigenvalue weighted by atomic mass is 9.93. The van der Waals surface area contributed by atoms with Crippen LogP contribution in [0.15, 0.2) is 66.2 Å². The highest BCUT2D eigenvalue weighted by molar-refractivity contribution is 6.36. The zero-order chi connectivity index (χ0) is 22.7. The molecule has 0 spiro atoms. The quantitative estimate of drug-likeness (QED) is 0.338. The van der Waals surface area contributed by atoms with Gasteiger partial charge in [0, 0.05) is 17.5 Å². The molecule has 0 fully saturated rings. The summed E-state index contributed by atoms with van der Waals surface area (Å²) in [5.74, 6) is 5.41. The van der Waals surface area contributed by atoms with Crippen LogP contribution in [0.4, 0.5) is 10.1 Å². The third-order valence-corrected chi connectivity index (χ3v) is 5.23. The molecule has 0 aromatic heterocycles. The average Bonchev–Trinajstić information content (AvgIpc) is 2.80. The number of amides is 1. The second-order valence-electron chi connectivity index (χ2n) is 7.10. The Bertz CT molecular complexity index is 1320. The molecule has 1 aliphatic rings. The van der Waals surface area contributed by atoms with Crippen LogP contribution < -0.4 is 10.1 Å². The fourth-order valence-electron chi connectivity index (χ4n) is 3.25. The van der Waals surface area contributed by atoms with Crippen molar-refractivity contribution in [2.24, 2.45) is 0 Å². The predicted octanol–water partition coefficient (Wildman–Crippen LogP) is 5.30. The van der Waals surface area contributed by atoms with Crippen LogP contribution in [-0.2, 0) is 11.2 Å². The Kier molecular flexibility index (Phi) is 6.07. The Balaban J connectivity index is 1.58. The SMILES string of the molecule is COc1ccc(CC#Cc2ccc3c(c2)C(=O)C(=Cc2ccc(F)c(Cl)c2)C(=O)N3)cc1. The number of hydrogen-bond acceptors (Lipinski definition) is 3. The molecule has 4 rings (SSSR count). The molecule has 0 saturated carbocycles. The highest BCUT2D eigenvalue weighted by Gasteiger charge is 2.28. The van der Waals surface area contributed by atoms with E-state index in [1.807, 2.05) is 24.3 Å². The Morgan fingerprint density at radius 2 is 1.84 bits per heavy atom. The zero-order valence-electron chi connectivity index (χ0n) is 17.0. The molecule has 3 aromatic rings. The molecule has 1 heterocycles. The van der Waals surface area contributed by atoms with E-state index in [2.05, 4.69) is 17.2 Å². The van der Waals surface area contributed by atoms with Gasteiger partial charge in [0.05, 0.1) is 23.4 Å². The number of halogens is 2.